The van der Waals surface area contributed by atoms with Gasteiger partial charge in [0.05, 0.1) is 41.3 Å². The molecule has 2 aliphatic rings. The van der Waals surface area contributed by atoms with Crippen LogP contribution < -0.4 is 14.8 Å². The van der Waals surface area contributed by atoms with Gasteiger partial charge in [-0.25, -0.2) is 13.8 Å². The van der Waals surface area contributed by atoms with Gasteiger partial charge in [0.15, 0.2) is 0 Å². The summed E-state index contributed by atoms with van der Waals surface area (Å²) in [5.41, 5.74) is 3.74. The van der Waals surface area contributed by atoms with Crippen molar-refractivity contribution >= 4 is 46.3 Å². The van der Waals surface area contributed by atoms with Crippen molar-refractivity contribution in [1.29, 1.82) is 0 Å². The van der Waals surface area contributed by atoms with E-state index in [0.717, 1.165) is 35.9 Å². The molecule has 0 amide bonds. The van der Waals surface area contributed by atoms with Gasteiger partial charge in [-0.3, -0.25) is 0 Å². The van der Waals surface area contributed by atoms with Crippen LogP contribution >= 0.6 is 34.9 Å². The zero-order valence-electron chi connectivity index (χ0n) is 18.7. The minimum Gasteiger partial charge on any atom is -0.491 e. The number of aromatic nitrogens is 1. The standard InChI is InChI=1S/C25H24ClF2N3O2S2/c26-20-8-24(35-31-25-13-34-14-29-25)21(28)9-23(20)33-12-19-18(15-4-6-16(27)7-5-15)2-1-3-22(19)30-17-10-32-11-17/h2,4-9,13-14,17,19,22,30-31H,1,3,10-12H2. The van der Waals surface area contributed by atoms with Crippen LogP contribution in [0.25, 0.3) is 5.57 Å². The summed E-state index contributed by atoms with van der Waals surface area (Å²) < 4.78 is 42.8. The molecule has 35 heavy (non-hydrogen) atoms. The van der Waals surface area contributed by atoms with E-state index in [9.17, 15) is 8.78 Å². The molecule has 3 aromatic rings. The van der Waals surface area contributed by atoms with Crippen LogP contribution in [0.4, 0.5) is 14.6 Å². The molecule has 0 bridgehead atoms. The highest BCUT2D eigenvalue weighted by atomic mass is 35.5. The number of hydrogen-bond acceptors (Lipinski definition) is 7. The summed E-state index contributed by atoms with van der Waals surface area (Å²) in [4.78, 5) is 4.47. The second-order valence-electron chi connectivity index (χ2n) is 8.46. The molecule has 0 saturated carbocycles. The third-order valence-corrected chi connectivity index (χ3v) is 7.82. The fraction of sp³-hybridized carbons (Fsp3) is 0.320. The van der Waals surface area contributed by atoms with Crippen LogP contribution in [0.15, 0.2) is 58.3 Å². The van der Waals surface area contributed by atoms with Crippen LogP contribution in [0.2, 0.25) is 5.02 Å². The SMILES string of the molecule is Fc1ccc(C2=CCCC(NC3COC3)C2COc2cc(F)c(SNc3cscn3)cc2Cl)cc1. The lowest BCUT2D eigenvalue weighted by molar-refractivity contribution is -0.0136. The number of hydrogen-bond donors (Lipinski definition) is 2. The second-order valence-corrected chi connectivity index (χ2v) is 10.4. The second kappa shape index (κ2) is 11.3. The fourth-order valence-corrected chi connectivity index (χ4v) is 5.75. The lowest BCUT2D eigenvalue weighted by Crippen LogP contribution is -2.54. The van der Waals surface area contributed by atoms with Crippen molar-refractivity contribution in [1.82, 2.24) is 10.3 Å². The molecular formula is C25H24ClF2N3O2S2. The summed E-state index contributed by atoms with van der Waals surface area (Å²) in [5.74, 6) is 0.218. The molecule has 2 heterocycles. The predicted molar refractivity (Wildman–Crippen MR) is 137 cm³/mol. The normalized spacial score (nSPS) is 20.3. The van der Waals surface area contributed by atoms with Gasteiger partial charge in [0.1, 0.15) is 23.2 Å². The van der Waals surface area contributed by atoms with E-state index >= 15 is 0 Å². The van der Waals surface area contributed by atoms with E-state index in [1.165, 1.54) is 29.5 Å². The summed E-state index contributed by atoms with van der Waals surface area (Å²) in [6.07, 6.45) is 4.03. The van der Waals surface area contributed by atoms with E-state index in [1.54, 1.807) is 23.7 Å². The first-order chi connectivity index (χ1) is 17.1. The molecule has 1 aliphatic carbocycles. The molecule has 1 aromatic heterocycles. The first kappa shape index (κ1) is 24.5. The molecule has 184 valence electrons. The predicted octanol–water partition coefficient (Wildman–Crippen LogP) is 6.42. The molecule has 2 unspecified atom stereocenters. The topological polar surface area (TPSA) is 55.4 Å². The summed E-state index contributed by atoms with van der Waals surface area (Å²) in [6, 6.07) is 9.83. The first-order valence-corrected chi connectivity index (χ1v) is 13.4. The zero-order chi connectivity index (χ0) is 24.2. The van der Waals surface area contributed by atoms with Crippen LogP contribution in [0.3, 0.4) is 0 Å². The van der Waals surface area contributed by atoms with E-state index in [1.807, 2.05) is 5.38 Å². The molecule has 0 spiro atoms. The molecule has 2 atom stereocenters. The van der Waals surface area contributed by atoms with Gasteiger partial charge in [0, 0.05) is 23.4 Å². The summed E-state index contributed by atoms with van der Waals surface area (Å²) in [7, 11) is 0. The molecular weight excluding hydrogens is 512 g/mol. The highest BCUT2D eigenvalue weighted by Gasteiger charge is 2.33. The van der Waals surface area contributed by atoms with Crippen LogP contribution in [0.5, 0.6) is 5.75 Å². The van der Waals surface area contributed by atoms with Crippen LogP contribution in [0, 0.1) is 17.6 Å². The molecule has 2 N–H and O–H groups in total. The Labute approximate surface area is 216 Å². The number of benzene rings is 2. The fourth-order valence-electron chi connectivity index (χ4n) is 4.25. The average Bonchev–Trinajstić information content (AvgIpc) is 3.35. The minimum atomic E-state index is -0.434. The molecule has 1 aliphatic heterocycles. The molecule has 0 radical (unpaired) electrons. The number of anilines is 1. The smallest absolute Gasteiger partial charge is 0.147 e. The number of nitrogens with zero attached hydrogens (tertiary/aromatic N) is 1. The molecule has 5 nitrogen and oxygen atoms in total. The molecule has 1 saturated heterocycles. The van der Waals surface area contributed by atoms with Crippen molar-refractivity contribution in [2.45, 2.75) is 29.8 Å². The Balaban J connectivity index is 1.32. The van der Waals surface area contributed by atoms with Gasteiger partial charge in [-0.2, -0.15) is 0 Å². The number of nitrogens with one attached hydrogen (secondary N) is 2. The third kappa shape index (κ3) is 5.98. The molecule has 1 fully saturated rings. The lowest BCUT2D eigenvalue weighted by atomic mass is 9.80. The van der Waals surface area contributed by atoms with Crippen molar-refractivity contribution in [2.75, 3.05) is 24.5 Å². The Bertz CT molecular complexity index is 1170. The number of ether oxygens (including phenoxy) is 2. The van der Waals surface area contributed by atoms with Crippen molar-refractivity contribution in [3.8, 4) is 5.75 Å². The largest absolute Gasteiger partial charge is 0.491 e. The average molecular weight is 536 g/mol. The minimum absolute atomic E-state index is 0.0191. The summed E-state index contributed by atoms with van der Waals surface area (Å²) in [5, 5.41) is 5.84. The van der Waals surface area contributed by atoms with E-state index < -0.39 is 5.82 Å². The Kier molecular flexibility index (Phi) is 7.89. The molecule has 10 heteroatoms. The van der Waals surface area contributed by atoms with E-state index in [-0.39, 0.29) is 23.5 Å². The van der Waals surface area contributed by atoms with Crippen molar-refractivity contribution in [2.24, 2.45) is 5.92 Å². The van der Waals surface area contributed by atoms with E-state index in [0.29, 0.717) is 41.6 Å². The van der Waals surface area contributed by atoms with Gasteiger partial charge in [0.25, 0.3) is 0 Å². The quantitative estimate of drug-likeness (QED) is 0.308. The Morgan fingerprint density at radius 3 is 2.74 bits per heavy atom. The lowest BCUT2D eigenvalue weighted by Gasteiger charge is -2.38. The van der Waals surface area contributed by atoms with Gasteiger partial charge >= 0.3 is 0 Å². The van der Waals surface area contributed by atoms with Gasteiger partial charge in [0.2, 0.25) is 0 Å². The van der Waals surface area contributed by atoms with Gasteiger partial charge in [-0.05, 0) is 54.1 Å². The van der Waals surface area contributed by atoms with Crippen molar-refractivity contribution in [3.63, 3.8) is 0 Å². The monoisotopic (exact) mass is 535 g/mol. The van der Waals surface area contributed by atoms with Gasteiger partial charge < -0.3 is 19.5 Å². The summed E-state index contributed by atoms with van der Waals surface area (Å²) >= 11 is 9.02. The number of thiazole rings is 1. The van der Waals surface area contributed by atoms with Gasteiger partial charge in [-0.15, -0.1) is 11.3 Å². The maximum absolute atomic E-state index is 14.8. The Morgan fingerprint density at radius 2 is 2.03 bits per heavy atom. The third-order valence-electron chi connectivity index (χ3n) is 6.10. The van der Waals surface area contributed by atoms with E-state index in [2.05, 4.69) is 21.1 Å². The van der Waals surface area contributed by atoms with Crippen molar-refractivity contribution < 1.29 is 18.3 Å². The van der Waals surface area contributed by atoms with Crippen LogP contribution in [0.1, 0.15) is 18.4 Å². The number of allylic oxidation sites excluding steroid dienone is 1. The number of halogens is 3. The van der Waals surface area contributed by atoms with Crippen molar-refractivity contribution in [3.05, 3.63) is 75.6 Å². The zero-order valence-corrected chi connectivity index (χ0v) is 21.1. The molecule has 5 rings (SSSR count). The highest BCUT2D eigenvalue weighted by molar-refractivity contribution is 8.00. The maximum Gasteiger partial charge on any atom is 0.147 e. The highest BCUT2D eigenvalue weighted by Crippen LogP contribution is 2.37. The molecule has 2 aromatic carbocycles. The first-order valence-electron chi connectivity index (χ1n) is 11.3. The summed E-state index contributed by atoms with van der Waals surface area (Å²) in [6.45, 7) is 1.67. The maximum atomic E-state index is 14.8. The van der Waals surface area contributed by atoms with E-state index in [4.69, 9.17) is 21.1 Å². The van der Waals surface area contributed by atoms with Crippen LogP contribution in [-0.2, 0) is 4.74 Å². The Hall–Kier alpha value is -2.17. The Morgan fingerprint density at radius 1 is 1.20 bits per heavy atom. The van der Waals surface area contributed by atoms with Gasteiger partial charge in [-0.1, -0.05) is 29.8 Å². The van der Waals surface area contributed by atoms with Crippen LogP contribution in [-0.4, -0.2) is 36.9 Å². The number of rotatable bonds is 9.